The molecule has 0 radical (unpaired) electrons. The van der Waals surface area contributed by atoms with Gasteiger partial charge in [-0.15, -0.1) is 0 Å². The third-order valence-electron chi connectivity index (χ3n) is 5.39. The lowest BCUT2D eigenvalue weighted by Gasteiger charge is -2.36. The van der Waals surface area contributed by atoms with Crippen LogP contribution in [0.5, 0.6) is 0 Å². The molecule has 1 aromatic carbocycles. The van der Waals surface area contributed by atoms with Crippen molar-refractivity contribution >= 4 is 33.6 Å². The molecule has 2 aromatic rings. The van der Waals surface area contributed by atoms with Crippen LogP contribution in [0.3, 0.4) is 0 Å². The molecule has 0 aliphatic carbocycles. The summed E-state index contributed by atoms with van der Waals surface area (Å²) < 4.78 is 39.4. The van der Waals surface area contributed by atoms with E-state index >= 15 is 0 Å². The highest BCUT2D eigenvalue weighted by Crippen LogP contribution is 2.39. The number of piperidine rings is 1. The molecule has 1 saturated heterocycles. The standard InChI is InChI=1S/C21H24FN7O2S/c1-28(13-24)21(25)14-7-9-29(10-8-14)20-16(15-3-6-19(22)26-12-15)4-5-18(17(20)11-23)27-32(2,30)31/h3-6,12-14,24-25,27H,7-10H2,1-2H3. The number of halogens is 1. The zero-order valence-electron chi connectivity index (χ0n) is 17.8. The van der Waals surface area contributed by atoms with Crippen LogP contribution in [0.15, 0.2) is 30.5 Å². The van der Waals surface area contributed by atoms with Crippen molar-refractivity contribution in [2.45, 2.75) is 12.8 Å². The van der Waals surface area contributed by atoms with Crippen LogP contribution in [-0.2, 0) is 10.0 Å². The minimum absolute atomic E-state index is 0.0309. The quantitative estimate of drug-likeness (QED) is 0.347. The highest BCUT2D eigenvalue weighted by Gasteiger charge is 2.28. The number of rotatable bonds is 6. The maximum Gasteiger partial charge on any atom is 0.229 e. The molecule has 0 amide bonds. The summed E-state index contributed by atoms with van der Waals surface area (Å²) in [6, 6.07) is 8.12. The predicted octanol–water partition coefficient (Wildman–Crippen LogP) is 2.86. The minimum Gasteiger partial charge on any atom is -0.370 e. The lowest BCUT2D eigenvalue weighted by atomic mass is 9.92. The number of hydrogen-bond donors (Lipinski definition) is 3. The Balaban J connectivity index is 2.04. The van der Waals surface area contributed by atoms with Crippen LogP contribution in [0.4, 0.5) is 15.8 Å². The first-order valence-corrected chi connectivity index (χ1v) is 11.8. The van der Waals surface area contributed by atoms with Crippen molar-refractivity contribution in [1.82, 2.24) is 9.88 Å². The van der Waals surface area contributed by atoms with E-state index in [0.29, 0.717) is 48.6 Å². The summed E-state index contributed by atoms with van der Waals surface area (Å²) in [5.74, 6) is -0.298. The third-order valence-corrected chi connectivity index (χ3v) is 5.99. The average Bonchev–Trinajstić information content (AvgIpc) is 2.77. The number of benzene rings is 1. The molecule has 0 bridgehead atoms. The number of sulfonamides is 1. The first-order valence-electron chi connectivity index (χ1n) is 9.88. The monoisotopic (exact) mass is 457 g/mol. The van der Waals surface area contributed by atoms with Gasteiger partial charge in [0.25, 0.3) is 0 Å². The molecule has 0 spiro atoms. The first-order chi connectivity index (χ1) is 15.1. The Morgan fingerprint density at radius 3 is 2.56 bits per heavy atom. The van der Waals surface area contributed by atoms with Gasteiger partial charge in [0.15, 0.2) is 0 Å². The van der Waals surface area contributed by atoms with Gasteiger partial charge in [0, 0.05) is 43.4 Å². The fourth-order valence-electron chi connectivity index (χ4n) is 3.82. The molecular formula is C21H24FN7O2S. The van der Waals surface area contributed by atoms with Crippen LogP contribution in [0.25, 0.3) is 11.1 Å². The Morgan fingerprint density at radius 2 is 2.03 bits per heavy atom. The van der Waals surface area contributed by atoms with E-state index in [9.17, 15) is 18.1 Å². The summed E-state index contributed by atoms with van der Waals surface area (Å²) in [5.41, 5.74) is 2.12. The van der Waals surface area contributed by atoms with Gasteiger partial charge in [0.2, 0.25) is 16.0 Å². The van der Waals surface area contributed by atoms with Crippen LogP contribution >= 0.6 is 0 Å². The second kappa shape index (κ2) is 9.32. The Labute approximate surface area is 186 Å². The molecule has 0 unspecified atom stereocenters. The summed E-state index contributed by atoms with van der Waals surface area (Å²) in [5, 5.41) is 25.5. The van der Waals surface area contributed by atoms with Gasteiger partial charge < -0.3 is 9.80 Å². The minimum atomic E-state index is -3.61. The maximum atomic E-state index is 13.4. The van der Waals surface area contributed by atoms with Crippen molar-refractivity contribution in [3.8, 4) is 17.2 Å². The van der Waals surface area contributed by atoms with Crippen LogP contribution < -0.4 is 9.62 Å². The van der Waals surface area contributed by atoms with Gasteiger partial charge in [0.1, 0.15) is 17.5 Å². The molecule has 9 nitrogen and oxygen atoms in total. The van der Waals surface area contributed by atoms with Crippen molar-refractivity contribution in [2.24, 2.45) is 5.92 Å². The van der Waals surface area contributed by atoms with Gasteiger partial charge in [-0.1, -0.05) is 6.07 Å². The molecule has 0 atom stereocenters. The van der Waals surface area contributed by atoms with Crippen LogP contribution in [0, 0.1) is 34.0 Å². The van der Waals surface area contributed by atoms with Crippen molar-refractivity contribution in [1.29, 1.82) is 16.1 Å². The molecule has 168 valence electrons. The van der Waals surface area contributed by atoms with Crippen molar-refractivity contribution in [3.05, 3.63) is 42.0 Å². The summed E-state index contributed by atoms with van der Waals surface area (Å²) in [6.07, 6.45) is 4.75. The van der Waals surface area contributed by atoms with Gasteiger partial charge >= 0.3 is 0 Å². The van der Waals surface area contributed by atoms with Gasteiger partial charge in [-0.3, -0.25) is 15.5 Å². The molecule has 2 heterocycles. The second-order valence-corrected chi connectivity index (χ2v) is 9.37. The van der Waals surface area contributed by atoms with E-state index in [1.54, 1.807) is 19.2 Å². The molecule has 1 aromatic heterocycles. The van der Waals surface area contributed by atoms with E-state index in [2.05, 4.69) is 15.8 Å². The first kappa shape index (κ1) is 23.1. The Hall–Kier alpha value is -3.52. The number of nitriles is 1. The summed E-state index contributed by atoms with van der Waals surface area (Å²) in [7, 11) is -1.95. The van der Waals surface area contributed by atoms with E-state index < -0.39 is 16.0 Å². The molecule has 1 fully saturated rings. The number of pyridine rings is 1. The van der Waals surface area contributed by atoms with Crippen LogP contribution in [0.1, 0.15) is 18.4 Å². The zero-order valence-corrected chi connectivity index (χ0v) is 18.6. The van der Waals surface area contributed by atoms with Crippen LogP contribution in [-0.4, -0.2) is 56.9 Å². The highest BCUT2D eigenvalue weighted by atomic mass is 32.2. The van der Waals surface area contributed by atoms with Crippen LogP contribution in [0.2, 0.25) is 0 Å². The van der Waals surface area contributed by atoms with Gasteiger partial charge in [-0.25, -0.2) is 13.4 Å². The van der Waals surface area contributed by atoms with E-state index in [4.69, 9.17) is 10.8 Å². The van der Waals surface area contributed by atoms with E-state index in [1.807, 2.05) is 4.90 Å². The number of nitrogens with zero attached hydrogens (tertiary/aromatic N) is 4. The van der Waals surface area contributed by atoms with E-state index in [1.165, 1.54) is 23.2 Å². The molecule has 0 saturated carbocycles. The van der Waals surface area contributed by atoms with Crippen molar-refractivity contribution in [2.75, 3.05) is 36.0 Å². The fourth-order valence-corrected chi connectivity index (χ4v) is 4.39. The van der Waals surface area contributed by atoms with E-state index in [-0.39, 0.29) is 17.2 Å². The average molecular weight is 458 g/mol. The molecule has 1 aliphatic rings. The molecule has 1 aliphatic heterocycles. The third kappa shape index (κ3) is 5.03. The van der Waals surface area contributed by atoms with Crippen molar-refractivity contribution in [3.63, 3.8) is 0 Å². The zero-order chi connectivity index (χ0) is 23.5. The summed E-state index contributed by atoms with van der Waals surface area (Å²) in [6.45, 7) is 1.05. The summed E-state index contributed by atoms with van der Waals surface area (Å²) in [4.78, 5) is 7.16. The highest BCUT2D eigenvalue weighted by molar-refractivity contribution is 7.92. The Morgan fingerprint density at radius 1 is 1.34 bits per heavy atom. The number of anilines is 2. The lowest BCUT2D eigenvalue weighted by molar-refractivity contribution is 0.473. The predicted molar refractivity (Wildman–Crippen MR) is 122 cm³/mol. The van der Waals surface area contributed by atoms with Gasteiger partial charge in [-0.2, -0.15) is 9.65 Å². The van der Waals surface area contributed by atoms with Gasteiger partial charge in [-0.05, 0) is 31.0 Å². The number of nitrogens with one attached hydrogen (secondary N) is 3. The maximum absolute atomic E-state index is 13.4. The molecule has 11 heteroatoms. The number of hydrogen-bond acceptors (Lipinski definition) is 7. The topological polar surface area (TPSA) is 137 Å². The number of amidine groups is 1. The SMILES string of the molecule is CN(C=N)C(=N)C1CCN(c2c(-c3ccc(F)nc3)ccc(NS(C)(=O)=O)c2C#N)CC1. The fraction of sp³-hybridized carbons (Fsp3) is 0.333. The summed E-state index contributed by atoms with van der Waals surface area (Å²) >= 11 is 0. The number of aromatic nitrogens is 1. The second-order valence-electron chi connectivity index (χ2n) is 7.63. The molecular weight excluding hydrogens is 433 g/mol. The largest absolute Gasteiger partial charge is 0.370 e. The smallest absolute Gasteiger partial charge is 0.229 e. The van der Waals surface area contributed by atoms with E-state index in [0.717, 1.165) is 12.6 Å². The lowest BCUT2D eigenvalue weighted by Crippen LogP contribution is -2.41. The molecule has 3 N–H and O–H groups in total. The molecule has 32 heavy (non-hydrogen) atoms. The Kier molecular flexibility index (Phi) is 6.74. The van der Waals surface area contributed by atoms with Gasteiger partial charge in [0.05, 0.1) is 24.0 Å². The Bertz CT molecular complexity index is 1170. The molecule has 3 rings (SSSR count). The normalized spacial score (nSPS) is 14.5. The van der Waals surface area contributed by atoms with Crippen molar-refractivity contribution < 1.29 is 12.8 Å².